The summed E-state index contributed by atoms with van der Waals surface area (Å²) in [5.74, 6) is -2.45. The van der Waals surface area contributed by atoms with Gasteiger partial charge in [-0.2, -0.15) is 0 Å². The van der Waals surface area contributed by atoms with Gasteiger partial charge in [0.15, 0.2) is 0 Å². The number of benzene rings is 6. The highest BCUT2D eigenvalue weighted by Gasteiger charge is 2.74. The zero-order valence-electron chi connectivity index (χ0n) is 36.2. The van der Waals surface area contributed by atoms with Crippen LogP contribution in [0.15, 0.2) is 170 Å². The van der Waals surface area contributed by atoms with E-state index >= 15 is 19.2 Å². The number of carbonyl (C=O) groups excluding carboxylic acids is 4. The number of amides is 4. The zero-order valence-corrected chi connectivity index (χ0v) is 39.4. The molecular formula is C53H46N6O4S4. The second-order valence-electron chi connectivity index (χ2n) is 17.1. The number of thiocarbonyl (C=S) groups is 4. The average molecular weight is 959 g/mol. The maximum atomic E-state index is 15.0. The normalized spacial score (nSPS) is 22.5. The van der Waals surface area contributed by atoms with Gasteiger partial charge < -0.3 is 22.9 Å². The maximum absolute atomic E-state index is 15.0. The highest BCUT2D eigenvalue weighted by Crippen LogP contribution is 2.56. The highest BCUT2D eigenvalue weighted by molar-refractivity contribution is 7.81. The second kappa shape index (κ2) is 18.4. The summed E-state index contributed by atoms with van der Waals surface area (Å²) in [4.78, 5) is 61.7. The largest absolute Gasteiger partial charge is 0.392 e. The molecule has 0 bridgehead atoms. The van der Waals surface area contributed by atoms with Gasteiger partial charge in [0.25, 0.3) is 0 Å². The monoisotopic (exact) mass is 958 g/mol. The van der Waals surface area contributed by atoms with Gasteiger partial charge in [0.1, 0.15) is 21.7 Å². The summed E-state index contributed by atoms with van der Waals surface area (Å²) in [6.45, 7) is 0. The van der Waals surface area contributed by atoms with E-state index in [0.717, 1.165) is 43.2 Å². The third-order valence-corrected chi connectivity index (χ3v) is 14.9. The van der Waals surface area contributed by atoms with Crippen molar-refractivity contribution >= 4 is 104 Å². The molecule has 6 aromatic carbocycles. The van der Waals surface area contributed by atoms with Gasteiger partial charge >= 0.3 is 0 Å². The lowest BCUT2D eigenvalue weighted by Crippen LogP contribution is -2.60. The standard InChI is InChI=1S/C53H46N6O4S4/c54-42(64)50(30-36-13-5-1-6-14-36)46(60)58(47(61)51(50,43(55)65)31-37-15-7-2-8-16-37)40-25-21-34(22-26-40)29-35-23-27-41(28-24-35)59-48(62)52(44(56)66,32-38-17-9-3-10-18-38)53(45(57)67,49(59)63)33-39-19-11-4-12-20-39/h1-28H,29-33H2,(H2,54,64)(H2,55,65)(H2,56,66)(H2,57,67). The second-order valence-corrected chi connectivity index (χ2v) is 18.9. The summed E-state index contributed by atoms with van der Waals surface area (Å²) in [5, 5.41) is 0. The van der Waals surface area contributed by atoms with Crippen LogP contribution in [0.4, 0.5) is 11.4 Å². The van der Waals surface area contributed by atoms with E-state index in [9.17, 15) is 0 Å². The van der Waals surface area contributed by atoms with Crippen molar-refractivity contribution in [2.24, 2.45) is 44.6 Å². The average Bonchev–Trinajstić information content (AvgIpc) is 3.63. The van der Waals surface area contributed by atoms with Crippen LogP contribution in [0.3, 0.4) is 0 Å². The minimum Gasteiger partial charge on any atom is -0.392 e. The van der Waals surface area contributed by atoms with Crippen LogP contribution in [0.25, 0.3) is 0 Å². The van der Waals surface area contributed by atoms with Crippen LogP contribution in [0, 0.1) is 21.7 Å². The molecule has 2 aliphatic heterocycles. The van der Waals surface area contributed by atoms with E-state index in [4.69, 9.17) is 71.8 Å². The molecule has 0 spiro atoms. The molecule has 8 N–H and O–H groups in total. The molecule has 67 heavy (non-hydrogen) atoms. The molecule has 0 radical (unpaired) electrons. The van der Waals surface area contributed by atoms with Crippen molar-refractivity contribution < 1.29 is 19.2 Å². The maximum Gasteiger partial charge on any atom is 0.248 e. The molecule has 2 heterocycles. The Morgan fingerprint density at radius 2 is 0.537 bits per heavy atom. The summed E-state index contributed by atoms with van der Waals surface area (Å²) < 4.78 is 0. The summed E-state index contributed by atoms with van der Waals surface area (Å²) in [7, 11) is 0. The summed E-state index contributed by atoms with van der Waals surface area (Å²) >= 11 is 22.9. The number of hydrogen-bond donors (Lipinski definition) is 4. The summed E-state index contributed by atoms with van der Waals surface area (Å²) in [5.41, 5.74) is 24.4. The Morgan fingerprint density at radius 3 is 0.731 bits per heavy atom. The van der Waals surface area contributed by atoms with E-state index in [1.165, 1.54) is 0 Å². The van der Waals surface area contributed by atoms with Crippen LogP contribution in [0.1, 0.15) is 33.4 Å². The quantitative estimate of drug-likeness (QED) is 0.0573. The van der Waals surface area contributed by atoms with Gasteiger partial charge in [-0.15, -0.1) is 0 Å². The molecule has 4 unspecified atom stereocenters. The van der Waals surface area contributed by atoms with Crippen molar-refractivity contribution in [1.82, 2.24) is 0 Å². The lowest BCUT2D eigenvalue weighted by atomic mass is 9.59. The fourth-order valence-corrected chi connectivity index (χ4v) is 11.4. The number of nitrogens with zero attached hydrogens (tertiary/aromatic N) is 2. The lowest BCUT2D eigenvalue weighted by molar-refractivity contribution is -0.125. The van der Waals surface area contributed by atoms with E-state index in [0.29, 0.717) is 17.8 Å². The third kappa shape index (κ3) is 7.63. The van der Waals surface area contributed by atoms with E-state index in [1.54, 1.807) is 24.3 Å². The van der Waals surface area contributed by atoms with Gasteiger partial charge in [-0.25, -0.2) is 9.80 Å². The van der Waals surface area contributed by atoms with Crippen LogP contribution in [0.5, 0.6) is 0 Å². The Morgan fingerprint density at radius 1 is 0.328 bits per heavy atom. The van der Waals surface area contributed by atoms with E-state index in [1.807, 2.05) is 146 Å². The minimum atomic E-state index is -1.78. The van der Waals surface area contributed by atoms with Gasteiger partial charge in [-0.3, -0.25) is 19.2 Å². The number of imide groups is 2. The van der Waals surface area contributed by atoms with Crippen molar-refractivity contribution in [3.05, 3.63) is 203 Å². The van der Waals surface area contributed by atoms with Crippen LogP contribution in [-0.2, 0) is 51.3 Å². The van der Waals surface area contributed by atoms with E-state index in [2.05, 4.69) is 0 Å². The summed E-state index contributed by atoms with van der Waals surface area (Å²) in [6, 6.07) is 50.9. The first kappa shape index (κ1) is 46.7. The van der Waals surface area contributed by atoms with Gasteiger partial charge in [0.05, 0.1) is 31.3 Å². The minimum absolute atomic E-state index is 0.00303. The van der Waals surface area contributed by atoms with Crippen LogP contribution in [0.2, 0.25) is 0 Å². The molecule has 14 heteroatoms. The van der Waals surface area contributed by atoms with Crippen molar-refractivity contribution in [3.8, 4) is 0 Å². The first-order valence-corrected chi connectivity index (χ1v) is 23.1. The van der Waals surface area contributed by atoms with Crippen molar-refractivity contribution in [2.75, 3.05) is 9.80 Å². The molecule has 10 nitrogen and oxygen atoms in total. The Balaban J connectivity index is 1.11. The SMILES string of the molecule is NC(=S)C1(Cc2ccccc2)C(=O)N(c2ccc(Cc3ccc(N4C(=O)C(Cc5ccccc5)(C(N)=S)C(Cc5ccccc5)(C(N)=S)C4=O)cc3)cc2)C(=O)C1(Cc1ccccc1)C(N)=S. The fraction of sp³-hybridized carbons (Fsp3) is 0.170. The molecule has 4 atom stereocenters. The Kier molecular flexibility index (Phi) is 12.9. The topological polar surface area (TPSA) is 179 Å². The van der Waals surface area contributed by atoms with Gasteiger partial charge in [0, 0.05) is 0 Å². The molecular weight excluding hydrogens is 913 g/mol. The zero-order chi connectivity index (χ0) is 47.7. The molecule has 2 aliphatic rings. The van der Waals surface area contributed by atoms with Gasteiger partial charge in [-0.1, -0.05) is 194 Å². The fourth-order valence-electron chi connectivity index (χ4n) is 10.0. The molecule has 8 rings (SSSR count). The van der Waals surface area contributed by atoms with Crippen molar-refractivity contribution in [2.45, 2.75) is 32.1 Å². The van der Waals surface area contributed by atoms with E-state index in [-0.39, 0.29) is 45.6 Å². The van der Waals surface area contributed by atoms with Crippen molar-refractivity contribution in [1.29, 1.82) is 0 Å². The molecule has 2 saturated heterocycles. The predicted molar refractivity (Wildman–Crippen MR) is 278 cm³/mol. The van der Waals surface area contributed by atoms with Crippen LogP contribution in [-0.4, -0.2) is 43.6 Å². The summed E-state index contributed by atoms with van der Waals surface area (Å²) in [6.07, 6.45) is 0.400. The van der Waals surface area contributed by atoms with Crippen molar-refractivity contribution in [3.63, 3.8) is 0 Å². The van der Waals surface area contributed by atoms with Crippen LogP contribution < -0.4 is 32.7 Å². The molecule has 0 aliphatic carbocycles. The molecule has 4 amide bonds. The van der Waals surface area contributed by atoms with Gasteiger partial charge in [-0.05, 0) is 89.8 Å². The first-order chi connectivity index (χ1) is 32.1. The number of nitrogens with two attached hydrogens (primary N) is 4. The smallest absolute Gasteiger partial charge is 0.248 e. The molecule has 336 valence electrons. The number of carbonyl (C=O) groups is 4. The Labute approximate surface area is 410 Å². The van der Waals surface area contributed by atoms with E-state index < -0.39 is 45.3 Å². The predicted octanol–water partition coefficient (Wildman–Crippen LogP) is 7.08. The van der Waals surface area contributed by atoms with Gasteiger partial charge in [0.2, 0.25) is 23.6 Å². The molecule has 2 fully saturated rings. The Hall–Kier alpha value is -6.84. The van der Waals surface area contributed by atoms with Crippen LogP contribution >= 0.6 is 48.9 Å². The number of hydrogen-bond acceptors (Lipinski definition) is 8. The molecule has 0 aromatic heterocycles. The Bertz CT molecular complexity index is 2590. The molecule has 0 saturated carbocycles. The number of rotatable bonds is 16. The highest BCUT2D eigenvalue weighted by atomic mass is 32.1. The first-order valence-electron chi connectivity index (χ1n) is 21.5. The molecule has 6 aromatic rings. The number of anilines is 2. The lowest BCUT2D eigenvalue weighted by Gasteiger charge is -2.40. The third-order valence-electron chi connectivity index (χ3n) is 13.5.